The Kier molecular flexibility index (Phi) is 5.22. The molecule has 1 N–H and O–H groups in total. The first-order chi connectivity index (χ1) is 14.1. The number of carbonyl (C=O) groups is 1. The van der Waals surface area contributed by atoms with Gasteiger partial charge in [0.2, 0.25) is 11.8 Å². The number of carbonyl (C=O) groups excluding carboxylic acids is 1. The van der Waals surface area contributed by atoms with Gasteiger partial charge in [-0.25, -0.2) is 15.0 Å². The summed E-state index contributed by atoms with van der Waals surface area (Å²) in [5, 5.41) is 4.08. The molecule has 0 bridgehead atoms. The second kappa shape index (κ2) is 8.12. The molecule has 2 heterocycles. The lowest BCUT2D eigenvalue weighted by atomic mass is 10.2. The Bertz CT molecular complexity index is 1160. The number of fused-ring (bicyclic) bond motifs is 1. The SMILES string of the molecule is COc1ccc(C(=O)Nc2ccc(Oc3ncnc4cc(Cl)ccc34)nc2)cc1. The van der Waals surface area contributed by atoms with Crippen LogP contribution in [0.5, 0.6) is 17.5 Å². The molecular formula is C21H15ClN4O3. The number of pyridine rings is 1. The molecule has 4 aromatic rings. The van der Waals surface area contributed by atoms with Crippen molar-refractivity contribution in [2.24, 2.45) is 0 Å². The Labute approximate surface area is 171 Å². The van der Waals surface area contributed by atoms with Crippen LogP contribution in [0.2, 0.25) is 5.02 Å². The van der Waals surface area contributed by atoms with Crippen LogP contribution in [0.25, 0.3) is 10.9 Å². The van der Waals surface area contributed by atoms with Crippen LogP contribution >= 0.6 is 11.6 Å². The molecule has 0 radical (unpaired) electrons. The van der Waals surface area contributed by atoms with E-state index in [1.54, 1.807) is 61.7 Å². The van der Waals surface area contributed by atoms with Gasteiger partial charge in [-0.2, -0.15) is 0 Å². The summed E-state index contributed by atoms with van der Waals surface area (Å²) < 4.78 is 10.9. The summed E-state index contributed by atoms with van der Waals surface area (Å²) in [6, 6.07) is 15.4. The monoisotopic (exact) mass is 406 g/mol. The molecule has 2 aromatic heterocycles. The van der Waals surface area contributed by atoms with Gasteiger partial charge in [-0.3, -0.25) is 4.79 Å². The van der Waals surface area contributed by atoms with E-state index in [4.69, 9.17) is 21.1 Å². The number of nitrogens with one attached hydrogen (secondary N) is 1. The maximum absolute atomic E-state index is 12.3. The Balaban J connectivity index is 1.47. The standard InChI is InChI=1S/C21H15ClN4O3/c1-28-16-6-2-13(3-7-16)20(27)26-15-5-9-19(23-11-15)29-21-17-8-4-14(22)10-18(17)24-12-25-21/h2-12H,1H3,(H,26,27). The molecular weight excluding hydrogens is 392 g/mol. The summed E-state index contributed by atoms with van der Waals surface area (Å²) in [6.07, 6.45) is 2.91. The van der Waals surface area contributed by atoms with Gasteiger partial charge >= 0.3 is 0 Å². The van der Waals surface area contributed by atoms with Crippen LogP contribution in [0.1, 0.15) is 10.4 Å². The number of hydrogen-bond acceptors (Lipinski definition) is 6. The fourth-order valence-corrected chi connectivity index (χ4v) is 2.81. The highest BCUT2D eigenvalue weighted by Crippen LogP contribution is 2.27. The van der Waals surface area contributed by atoms with E-state index in [0.717, 1.165) is 5.39 Å². The van der Waals surface area contributed by atoms with E-state index in [0.29, 0.717) is 39.3 Å². The zero-order chi connectivity index (χ0) is 20.2. The molecule has 0 aliphatic heterocycles. The zero-order valence-electron chi connectivity index (χ0n) is 15.3. The van der Waals surface area contributed by atoms with E-state index >= 15 is 0 Å². The Morgan fingerprint density at radius 2 is 1.83 bits per heavy atom. The molecule has 0 spiro atoms. The van der Waals surface area contributed by atoms with Gasteiger partial charge in [-0.15, -0.1) is 0 Å². The molecule has 0 aliphatic rings. The third-order valence-corrected chi connectivity index (χ3v) is 4.34. The van der Waals surface area contributed by atoms with Crippen molar-refractivity contribution in [1.29, 1.82) is 0 Å². The lowest BCUT2D eigenvalue weighted by Crippen LogP contribution is -2.11. The van der Waals surface area contributed by atoms with Crippen molar-refractivity contribution in [3.05, 3.63) is 77.7 Å². The van der Waals surface area contributed by atoms with Crippen molar-refractivity contribution in [1.82, 2.24) is 15.0 Å². The molecule has 0 saturated heterocycles. The molecule has 0 atom stereocenters. The summed E-state index contributed by atoms with van der Waals surface area (Å²) in [5.74, 6) is 1.14. The second-order valence-electron chi connectivity index (χ2n) is 6.01. The molecule has 7 nitrogen and oxygen atoms in total. The number of rotatable bonds is 5. The lowest BCUT2D eigenvalue weighted by molar-refractivity contribution is 0.102. The molecule has 0 fully saturated rings. The van der Waals surface area contributed by atoms with Crippen LogP contribution in [0.4, 0.5) is 5.69 Å². The molecule has 0 aliphatic carbocycles. The molecule has 2 aromatic carbocycles. The Morgan fingerprint density at radius 3 is 2.55 bits per heavy atom. The van der Waals surface area contributed by atoms with Crippen LogP contribution in [-0.4, -0.2) is 28.0 Å². The van der Waals surface area contributed by atoms with Crippen molar-refractivity contribution in [3.63, 3.8) is 0 Å². The average Bonchev–Trinajstić information content (AvgIpc) is 2.75. The molecule has 29 heavy (non-hydrogen) atoms. The molecule has 8 heteroatoms. The summed E-state index contributed by atoms with van der Waals surface area (Å²) in [7, 11) is 1.57. The number of benzene rings is 2. The quantitative estimate of drug-likeness (QED) is 0.515. The van der Waals surface area contributed by atoms with Crippen molar-refractivity contribution < 1.29 is 14.3 Å². The summed E-state index contributed by atoms with van der Waals surface area (Å²) >= 11 is 6.00. The predicted molar refractivity (Wildman–Crippen MR) is 110 cm³/mol. The van der Waals surface area contributed by atoms with E-state index in [1.165, 1.54) is 12.5 Å². The van der Waals surface area contributed by atoms with Crippen LogP contribution in [0.3, 0.4) is 0 Å². The lowest BCUT2D eigenvalue weighted by Gasteiger charge is -2.08. The van der Waals surface area contributed by atoms with Gasteiger partial charge in [0.05, 0.1) is 29.9 Å². The van der Waals surface area contributed by atoms with Crippen molar-refractivity contribution >= 4 is 34.1 Å². The van der Waals surface area contributed by atoms with Gasteiger partial charge in [0, 0.05) is 16.7 Å². The minimum atomic E-state index is -0.248. The van der Waals surface area contributed by atoms with Crippen molar-refractivity contribution in [2.45, 2.75) is 0 Å². The average molecular weight is 407 g/mol. The third kappa shape index (κ3) is 4.25. The maximum Gasteiger partial charge on any atom is 0.255 e. The Morgan fingerprint density at radius 1 is 1.00 bits per heavy atom. The number of aromatic nitrogens is 3. The third-order valence-electron chi connectivity index (χ3n) is 4.11. The molecule has 144 valence electrons. The maximum atomic E-state index is 12.3. The van der Waals surface area contributed by atoms with Crippen LogP contribution in [-0.2, 0) is 0 Å². The number of methoxy groups -OCH3 is 1. The molecule has 4 rings (SSSR count). The highest BCUT2D eigenvalue weighted by atomic mass is 35.5. The normalized spacial score (nSPS) is 10.6. The van der Waals surface area contributed by atoms with E-state index < -0.39 is 0 Å². The first-order valence-corrected chi connectivity index (χ1v) is 9.00. The van der Waals surface area contributed by atoms with Crippen LogP contribution < -0.4 is 14.8 Å². The molecule has 1 amide bonds. The number of anilines is 1. The van der Waals surface area contributed by atoms with E-state index in [9.17, 15) is 4.79 Å². The smallest absolute Gasteiger partial charge is 0.255 e. The molecule has 0 saturated carbocycles. The van der Waals surface area contributed by atoms with Crippen molar-refractivity contribution in [3.8, 4) is 17.5 Å². The largest absolute Gasteiger partial charge is 0.497 e. The number of halogens is 1. The van der Waals surface area contributed by atoms with Crippen molar-refractivity contribution in [2.75, 3.05) is 12.4 Å². The van der Waals surface area contributed by atoms with Gasteiger partial charge in [-0.1, -0.05) is 11.6 Å². The number of ether oxygens (including phenoxy) is 2. The number of hydrogen-bond donors (Lipinski definition) is 1. The predicted octanol–water partition coefficient (Wildman–Crippen LogP) is 4.73. The molecule has 0 unspecified atom stereocenters. The van der Waals surface area contributed by atoms with Gasteiger partial charge in [0.1, 0.15) is 12.1 Å². The zero-order valence-corrected chi connectivity index (χ0v) is 16.1. The van der Waals surface area contributed by atoms with E-state index in [-0.39, 0.29) is 5.91 Å². The van der Waals surface area contributed by atoms with Crippen LogP contribution in [0, 0.1) is 0 Å². The Hall–Kier alpha value is -3.71. The minimum Gasteiger partial charge on any atom is -0.497 e. The minimum absolute atomic E-state index is 0.248. The van der Waals surface area contributed by atoms with E-state index in [2.05, 4.69) is 20.3 Å². The first kappa shape index (κ1) is 18.6. The van der Waals surface area contributed by atoms with Gasteiger partial charge in [0.15, 0.2) is 0 Å². The highest BCUT2D eigenvalue weighted by molar-refractivity contribution is 6.31. The van der Waals surface area contributed by atoms with Gasteiger partial charge < -0.3 is 14.8 Å². The number of amides is 1. The summed E-state index contributed by atoms with van der Waals surface area (Å²) in [4.78, 5) is 24.9. The van der Waals surface area contributed by atoms with E-state index in [1.807, 2.05) is 0 Å². The number of nitrogens with zero attached hydrogens (tertiary/aromatic N) is 3. The topological polar surface area (TPSA) is 86.2 Å². The van der Waals surface area contributed by atoms with Gasteiger partial charge in [0.25, 0.3) is 5.91 Å². The van der Waals surface area contributed by atoms with Crippen LogP contribution in [0.15, 0.2) is 67.1 Å². The van der Waals surface area contributed by atoms with Gasteiger partial charge in [-0.05, 0) is 48.5 Å². The summed E-state index contributed by atoms with van der Waals surface area (Å²) in [5.41, 5.74) is 1.72. The fraction of sp³-hybridized carbons (Fsp3) is 0.0476. The summed E-state index contributed by atoms with van der Waals surface area (Å²) in [6.45, 7) is 0. The first-order valence-electron chi connectivity index (χ1n) is 8.62. The second-order valence-corrected chi connectivity index (χ2v) is 6.45. The highest BCUT2D eigenvalue weighted by Gasteiger charge is 2.09. The fourth-order valence-electron chi connectivity index (χ4n) is 2.65.